The van der Waals surface area contributed by atoms with Gasteiger partial charge in [0.25, 0.3) is 0 Å². The van der Waals surface area contributed by atoms with Crippen LogP contribution in [0, 0.1) is 11.3 Å². The van der Waals surface area contributed by atoms with E-state index < -0.39 is 10.0 Å². The highest BCUT2D eigenvalue weighted by atomic mass is 32.2. The van der Waals surface area contributed by atoms with Gasteiger partial charge < -0.3 is 0 Å². The maximum atomic E-state index is 12.5. The van der Waals surface area contributed by atoms with Crippen molar-refractivity contribution in [2.45, 2.75) is 11.8 Å². The fourth-order valence-corrected chi connectivity index (χ4v) is 3.46. The van der Waals surface area contributed by atoms with E-state index in [2.05, 4.69) is 4.98 Å². The van der Waals surface area contributed by atoms with Crippen LogP contribution in [-0.4, -0.2) is 30.8 Å². The van der Waals surface area contributed by atoms with E-state index in [1.165, 1.54) is 0 Å². The lowest BCUT2D eigenvalue weighted by atomic mass is 10.2. The van der Waals surface area contributed by atoms with Gasteiger partial charge in [0.2, 0.25) is 10.0 Å². The second-order valence-corrected chi connectivity index (χ2v) is 5.85. The molecule has 0 saturated carbocycles. The first-order chi connectivity index (χ1) is 9.11. The summed E-state index contributed by atoms with van der Waals surface area (Å²) >= 11 is 0. The molecule has 5 nitrogen and oxygen atoms in total. The fourth-order valence-electron chi connectivity index (χ4n) is 1.90. The van der Waals surface area contributed by atoms with E-state index in [1.807, 2.05) is 12.1 Å². The average Bonchev–Trinajstić information content (AvgIpc) is 2.43. The number of fused-ring (bicyclic) bond motifs is 1. The lowest BCUT2D eigenvalue weighted by Gasteiger charge is -2.18. The molecule has 1 heterocycles. The summed E-state index contributed by atoms with van der Waals surface area (Å²) < 4.78 is 26.2. The Hall–Kier alpha value is -1.97. The molecule has 0 aliphatic rings. The van der Waals surface area contributed by atoms with E-state index in [1.54, 1.807) is 37.5 Å². The predicted octanol–water partition coefficient (Wildman–Crippen LogP) is 1.77. The van der Waals surface area contributed by atoms with Crippen molar-refractivity contribution in [3.05, 3.63) is 36.7 Å². The quantitative estimate of drug-likeness (QED) is 0.797. The van der Waals surface area contributed by atoms with Gasteiger partial charge >= 0.3 is 0 Å². The van der Waals surface area contributed by atoms with Crippen molar-refractivity contribution >= 4 is 20.8 Å². The third kappa shape index (κ3) is 2.43. The van der Waals surface area contributed by atoms with E-state index >= 15 is 0 Å². The number of rotatable bonds is 4. The Morgan fingerprint density at radius 2 is 2.16 bits per heavy atom. The zero-order chi connectivity index (χ0) is 13.9. The third-order valence-corrected chi connectivity index (χ3v) is 4.84. The van der Waals surface area contributed by atoms with Crippen molar-refractivity contribution in [2.75, 3.05) is 13.1 Å². The SMILES string of the molecule is CCN(CC#N)S(=O)(=O)c1cccc2cnccc12. The maximum absolute atomic E-state index is 12.5. The number of benzene rings is 1. The van der Waals surface area contributed by atoms with Crippen LogP contribution in [-0.2, 0) is 10.0 Å². The van der Waals surface area contributed by atoms with Crippen LogP contribution in [0.15, 0.2) is 41.6 Å². The zero-order valence-electron chi connectivity index (χ0n) is 10.4. The molecular weight excluding hydrogens is 262 g/mol. The minimum absolute atomic E-state index is 0.152. The number of aromatic nitrogens is 1. The van der Waals surface area contributed by atoms with Crippen LogP contribution in [0.1, 0.15) is 6.92 Å². The standard InChI is InChI=1S/C13H13N3O2S/c1-2-16(9-7-14)19(17,18)13-5-3-4-11-10-15-8-6-12(11)13/h3-6,8,10H,2,9H2,1H3. The molecule has 1 aromatic heterocycles. The summed E-state index contributed by atoms with van der Waals surface area (Å²) in [5.41, 5.74) is 0. The number of hydrogen-bond acceptors (Lipinski definition) is 4. The molecule has 19 heavy (non-hydrogen) atoms. The van der Waals surface area contributed by atoms with Gasteiger partial charge in [0, 0.05) is 29.7 Å². The smallest absolute Gasteiger partial charge is 0.244 e. The van der Waals surface area contributed by atoms with Crippen molar-refractivity contribution in [1.29, 1.82) is 5.26 Å². The van der Waals surface area contributed by atoms with E-state index in [9.17, 15) is 8.42 Å². The van der Waals surface area contributed by atoms with Gasteiger partial charge in [0.15, 0.2) is 0 Å². The highest BCUT2D eigenvalue weighted by Gasteiger charge is 2.24. The molecule has 0 atom stereocenters. The van der Waals surface area contributed by atoms with E-state index in [4.69, 9.17) is 5.26 Å². The molecule has 0 N–H and O–H groups in total. The summed E-state index contributed by atoms with van der Waals surface area (Å²) in [5, 5.41) is 10.1. The number of nitriles is 1. The van der Waals surface area contributed by atoms with Crippen molar-refractivity contribution in [2.24, 2.45) is 0 Å². The van der Waals surface area contributed by atoms with Gasteiger partial charge in [-0.1, -0.05) is 19.1 Å². The summed E-state index contributed by atoms with van der Waals surface area (Å²) in [6.07, 6.45) is 3.18. The van der Waals surface area contributed by atoms with Crippen molar-refractivity contribution < 1.29 is 8.42 Å². The van der Waals surface area contributed by atoms with Crippen molar-refractivity contribution in [3.63, 3.8) is 0 Å². The summed E-state index contributed by atoms with van der Waals surface area (Å²) in [6, 6.07) is 8.58. The Kier molecular flexibility index (Phi) is 3.79. The molecule has 0 unspecified atom stereocenters. The molecule has 0 saturated heterocycles. The van der Waals surface area contributed by atoms with Crippen LogP contribution >= 0.6 is 0 Å². The molecule has 0 amide bonds. The normalized spacial score (nSPS) is 11.6. The van der Waals surface area contributed by atoms with Gasteiger partial charge in [-0.25, -0.2) is 8.42 Å². The summed E-state index contributed by atoms with van der Waals surface area (Å²) in [5.74, 6) is 0. The van der Waals surface area contributed by atoms with Crippen LogP contribution < -0.4 is 0 Å². The molecule has 0 bridgehead atoms. The van der Waals surface area contributed by atoms with Crippen molar-refractivity contribution in [3.8, 4) is 6.07 Å². The number of sulfonamides is 1. The van der Waals surface area contributed by atoms with Gasteiger partial charge in [-0.2, -0.15) is 9.57 Å². The van der Waals surface area contributed by atoms with Gasteiger partial charge in [-0.3, -0.25) is 4.98 Å². The lowest BCUT2D eigenvalue weighted by Crippen LogP contribution is -2.31. The second-order valence-electron chi connectivity index (χ2n) is 3.94. The van der Waals surface area contributed by atoms with Crippen LogP contribution in [0.5, 0.6) is 0 Å². The fraction of sp³-hybridized carbons (Fsp3) is 0.231. The summed E-state index contributed by atoms with van der Waals surface area (Å²) in [4.78, 5) is 4.19. The molecule has 0 aliphatic carbocycles. The van der Waals surface area contributed by atoms with Crippen LogP contribution in [0.4, 0.5) is 0 Å². The topological polar surface area (TPSA) is 74.1 Å². The molecule has 0 fully saturated rings. The molecule has 2 aromatic rings. The van der Waals surface area contributed by atoms with Crippen LogP contribution in [0.25, 0.3) is 10.8 Å². The Bertz CT molecular complexity index is 730. The summed E-state index contributed by atoms with van der Waals surface area (Å²) in [7, 11) is -3.66. The molecular formula is C13H13N3O2S. The number of nitrogens with zero attached hydrogens (tertiary/aromatic N) is 3. The molecule has 6 heteroatoms. The minimum atomic E-state index is -3.66. The van der Waals surface area contributed by atoms with Crippen LogP contribution in [0.3, 0.4) is 0 Å². The maximum Gasteiger partial charge on any atom is 0.244 e. The number of hydrogen-bond donors (Lipinski definition) is 0. The molecule has 98 valence electrons. The van der Waals surface area contributed by atoms with E-state index in [-0.39, 0.29) is 18.0 Å². The first-order valence-electron chi connectivity index (χ1n) is 5.81. The largest absolute Gasteiger partial charge is 0.264 e. The van der Waals surface area contributed by atoms with Gasteiger partial charge in [0.05, 0.1) is 11.0 Å². The highest BCUT2D eigenvalue weighted by molar-refractivity contribution is 7.89. The van der Waals surface area contributed by atoms with Gasteiger partial charge in [-0.15, -0.1) is 0 Å². The lowest BCUT2D eigenvalue weighted by molar-refractivity contribution is 0.463. The average molecular weight is 275 g/mol. The third-order valence-electron chi connectivity index (χ3n) is 2.86. The Labute approximate surface area is 112 Å². The second kappa shape index (κ2) is 5.34. The molecule has 0 aliphatic heterocycles. The monoisotopic (exact) mass is 275 g/mol. The first kappa shape index (κ1) is 13.5. The van der Waals surface area contributed by atoms with E-state index in [0.29, 0.717) is 5.39 Å². The Balaban J connectivity index is 2.64. The van der Waals surface area contributed by atoms with Crippen molar-refractivity contribution in [1.82, 2.24) is 9.29 Å². The van der Waals surface area contributed by atoms with Crippen LogP contribution in [0.2, 0.25) is 0 Å². The Morgan fingerprint density at radius 1 is 1.37 bits per heavy atom. The molecule has 0 radical (unpaired) electrons. The first-order valence-corrected chi connectivity index (χ1v) is 7.25. The minimum Gasteiger partial charge on any atom is -0.264 e. The summed E-state index contributed by atoms with van der Waals surface area (Å²) in [6.45, 7) is 1.82. The van der Waals surface area contributed by atoms with E-state index in [0.717, 1.165) is 9.69 Å². The van der Waals surface area contributed by atoms with Gasteiger partial charge in [0.1, 0.15) is 6.54 Å². The molecule has 0 spiro atoms. The van der Waals surface area contributed by atoms with Gasteiger partial charge in [-0.05, 0) is 12.1 Å². The molecule has 2 rings (SSSR count). The zero-order valence-corrected chi connectivity index (χ0v) is 11.3. The highest BCUT2D eigenvalue weighted by Crippen LogP contribution is 2.24. The molecule has 1 aromatic carbocycles. The number of pyridine rings is 1. The predicted molar refractivity (Wildman–Crippen MR) is 71.8 cm³/mol. The Morgan fingerprint density at radius 3 is 2.84 bits per heavy atom.